The molecule has 26 heavy (non-hydrogen) atoms. The van der Waals surface area contributed by atoms with Crippen molar-refractivity contribution < 1.29 is 13.2 Å². The second-order valence-electron chi connectivity index (χ2n) is 6.20. The Kier molecular flexibility index (Phi) is 4.86. The average Bonchev–Trinajstić information content (AvgIpc) is 2.91. The zero-order valence-electron chi connectivity index (χ0n) is 15.1. The van der Waals surface area contributed by atoms with Crippen molar-refractivity contribution in [3.8, 4) is 0 Å². The Morgan fingerprint density at radius 2 is 1.85 bits per heavy atom. The van der Waals surface area contributed by atoms with E-state index < -0.39 is 15.7 Å². The first kappa shape index (κ1) is 18.5. The third-order valence-corrected chi connectivity index (χ3v) is 7.27. The predicted molar refractivity (Wildman–Crippen MR) is 104 cm³/mol. The van der Waals surface area contributed by atoms with E-state index in [1.165, 1.54) is 34.6 Å². The van der Waals surface area contributed by atoms with E-state index in [2.05, 4.69) is 24.0 Å². The van der Waals surface area contributed by atoms with Crippen molar-refractivity contribution in [1.82, 2.24) is 4.57 Å². The Morgan fingerprint density at radius 3 is 2.54 bits per heavy atom. The number of aryl methyl sites for hydroxylation is 3. The van der Waals surface area contributed by atoms with Crippen molar-refractivity contribution in [3.63, 3.8) is 0 Å². The molecule has 0 spiro atoms. The standard InChI is InChI=1S/C19H20N2O3S2/c1-5-26(23,24)15-8-6-7-14(11-15)18(22)20-19-21(4)16-9-12(2)13(3)10-17(16)25-19/h6-11H,5H2,1-4H3. The van der Waals surface area contributed by atoms with E-state index in [9.17, 15) is 13.2 Å². The molecule has 1 heterocycles. The molecule has 1 amide bonds. The molecule has 0 aliphatic carbocycles. The third kappa shape index (κ3) is 3.37. The van der Waals surface area contributed by atoms with Crippen LogP contribution in [0.5, 0.6) is 0 Å². The molecule has 0 saturated carbocycles. The molecule has 7 heteroatoms. The van der Waals surface area contributed by atoms with Gasteiger partial charge >= 0.3 is 0 Å². The van der Waals surface area contributed by atoms with Gasteiger partial charge in [0.2, 0.25) is 0 Å². The van der Waals surface area contributed by atoms with E-state index in [-0.39, 0.29) is 16.2 Å². The molecule has 0 atom stereocenters. The van der Waals surface area contributed by atoms with Crippen LogP contribution in [0.2, 0.25) is 0 Å². The van der Waals surface area contributed by atoms with Crippen molar-refractivity contribution >= 4 is 37.3 Å². The van der Waals surface area contributed by atoms with Gasteiger partial charge in [0.05, 0.1) is 20.9 Å². The molecule has 0 bridgehead atoms. The Morgan fingerprint density at radius 1 is 1.15 bits per heavy atom. The van der Waals surface area contributed by atoms with Crippen LogP contribution in [0.4, 0.5) is 0 Å². The number of amides is 1. The number of sulfone groups is 1. The van der Waals surface area contributed by atoms with Crippen LogP contribution in [-0.4, -0.2) is 24.6 Å². The van der Waals surface area contributed by atoms with Gasteiger partial charge in [-0.05, 0) is 55.3 Å². The largest absolute Gasteiger partial charge is 0.319 e. The van der Waals surface area contributed by atoms with E-state index in [4.69, 9.17) is 0 Å². The number of rotatable bonds is 3. The van der Waals surface area contributed by atoms with E-state index in [1.807, 2.05) is 18.5 Å². The smallest absolute Gasteiger partial charge is 0.279 e. The number of hydrogen-bond acceptors (Lipinski definition) is 4. The number of carbonyl (C=O) groups excluding carboxylic acids is 1. The van der Waals surface area contributed by atoms with Crippen molar-refractivity contribution in [2.75, 3.05) is 5.75 Å². The normalized spacial score (nSPS) is 12.7. The van der Waals surface area contributed by atoms with Gasteiger partial charge in [-0.25, -0.2) is 8.42 Å². The molecule has 0 fully saturated rings. The molecule has 2 aromatic carbocycles. The molecule has 3 rings (SSSR count). The van der Waals surface area contributed by atoms with Gasteiger partial charge in [-0.3, -0.25) is 4.79 Å². The summed E-state index contributed by atoms with van der Waals surface area (Å²) in [5.41, 5.74) is 3.66. The minimum atomic E-state index is -3.36. The fourth-order valence-corrected chi connectivity index (χ4v) is 4.65. The fraction of sp³-hybridized carbons (Fsp3) is 0.263. The summed E-state index contributed by atoms with van der Waals surface area (Å²) in [5.74, 6) is -0.458. The summed E-state index contributed by atoms with van der Waals surface area (Å²) in [4.78, 5) is 17.5. The Hall–Kier alpha value is -2.25. The maximum absolute atomic E-state index is 12.6. The van der Waals surface area contributed by atoms with E-state index in [0.717, 1.165) is 10.2 Å². The summed E-state index contributed by atoms with van der Waals surface area (Å²) in [5, 5.41) is 0. The maximum Gasteiger partial charge on any atom is 0.279 e. The van der Waals surface area contributed by atoms with Gasteiger partial charge in [-0.1, -0.05) is 24.3 Å². The van der Waals surface area contributed by atoms with Crippen molar-refractivity contribution in [3.05, 3.63) is 57.9 Å². The summed E-state index contributed by atoms with van der Waals surface area (Å²) in [6.45, 7) is 5.68. The number of benzene rings is 2. The summed E-state index contributed by atoms with van der Waals surface area (Å²) in [6.07, 6.45) is 0. The highest BCUT2D eigenvalue weighted by Crippen LogP contribution is 2.21. The fourth-order valence-electron chi connectivity index (χ4n) is 2.63. The molecule has 0 saturated heterocycles. The lowest BCUT2D eigenvalue weighted by Gasteiger charge is -2.02. The van der Waals surface area contributed by atoms with Crippen LogP contribution in [0, 0.1) is 13.8 Å². The number of aromatic nitrogens is 1. The second kappa shape index (κ2) is 6.81. The van der Waals surface area contributed by atoms with Gasteiger partial charge in [0.15, 0.2) is 14.6 Å². The SMILES string of the molecule is CCS(=O)(=O)c1cccc(C(=O)N=c2sc3cc(C)c(C)cc3n2C)c1. The summed E-state index contributed by atoms with van der Waals surface area (Å²) < 4.78 is 27.0. The molecule has 0 aliphatic heterocycles. The van der Waals surface area contributed by atoms with Crippen LogP contribution in [0.1, 0.15) is 28.4 Å². The lowest BCUT2D eigenvalue weighted by molar-refractivity contribution is 0.0997. The molecule has 136 valence electrons. The maximum atomic E-state index is 12.6. The average molecular weight is 389 g/mol. The van der Waals surface area contributed by atoms with Crippen LogP contribution in [-0.2, 0) is 16.9 Å². The molecular weight excluding hydrogens is 368 g/mol. The van der Waals surface area contributed by atoms with Crippen LogP contribution in [0.25, 0.3) is 10.2 Å². The first-order chi connectivity index (χ1) is 12.2. The molecule has 0 aliphatic rings. The van der Waals surface area contributed by atoms with E-state index >= 15 is 0 Å². The highest BCUT2D eigenvalue weighted by atomic mass is 32.2. The van der Waals surface area contributed by atoms with Gasteiger partial charge in [0, 0.05) is 12.6 Å². The Bertz CT molecular complexity index is 1190. The first-order valence-electron chi connectivity index (χ1n) is 8.21. The van der Waals surface area contributed by atoms with E-state index in [1.54, 1.807) is 19.1 Å². The number of carbonyl (C=O) groups is 1. The molecule has 0 radical (unpaired) electrons. The molecule has 3 aromatic rings. The third-order valence-electron chi connectivity index (χ3n) is 4.44. The highest BCUT2D eigenvalue weighted by molar-refractivity contribution is 7.91. The van der Waals surface area contributed by atoms with Crippen LogP contribution >= 0.6 is 11.3 Å². The zero-order valence-corrected chi connectivity index (χ0v) is 16.7. The predicted octanol–water partition coefficient (Wildman–Crippen LogP) is 3.39. The lowest BCUT2D eigenvalue weighted by Crippen LogP contribution is -2.13. The number of fused-ring (bicyclic) bond motifs is 1. The topological polar surface area (TPSA) is 68.5 Å². The minimum absolute atomic E-state index is 0.00817. The van der Waals surface area contributed by atoms with Gasteiger partial charge in [-0.2, -0.15) is 4.99 Å². The summed E-state index contributed by atoms with van der Waals surface area (Å²) in [7, 11) is -1.49. The van der Waals surface area contributed by atoms with Crippen molar-refractivity contribution in [2.24, 2.45) is 12.0 Å². The van der Waals surface area contributed by atoms with Crippen LogP contribution < -0.4 is 4.80 Å². The zero-order chi connectivity index (χ0) is 19.1. The Balaban J connectivity index is 2.09. The quantitative estimate of drug-likeness (QED) is 0.691. The molecule has 0 N–H and O–H groups in total. The lowest BCUT2D eigenvalue weighted by atomic mass is 10.1. The van der Waals surface area contributed by atoms with Gasteiger partial charge in [0.25, 0.3) is 5.91 Å². The van der Waals surface area contributed by atoms with Crippen LogP contribution in [0.15, 0.2) is 46.3 Å². The van der Waals surface area contributed by atoms with Crippen molar-refractivity contribution in [2.45, 2.75) is 25.7 Å². The molecule has 5 nitrogen and oxygen atoms in total. The molecule has 1 aromatic heterocycles. The summed E-state index contributed by atoms with van der Waals surface area (Å²) in [6, 6.07) is 10.2. The Labute approximate surface area is 156 Å². The second-order valence-corrected chi connectivity index (χ2v) is 9.48. The molecular formula is C19H20N2O3S2. The van der Waals surface area contributed by atoms with Crippen molar-refractivity contribution in [1.29, 1.82) is 0 Å². The first-order valence-corrected chi connectivity index (χ1v) is 10.7. The molecule has 0 unspecified atom stereocenters. The number of thiazole rings is 1. The number of nitrogens with zero attached hydrogens (tertiary/aromatic N) is 2. The van der Waals surface area contributed by atoms with E-state index in [0.29, 0.717) is 4.80 Å². The van der Waals surface area contributed by atoms with Gasteiger partial charge in [0.1, 0.15) is 0 Å². The summed E-state index contributed by atoms with van der Waals surface area (Å²) >= 11 is 1.44. The minimum Gasteiger partial charge on any atom is -0.319 e. The highest BCUT2D eigenvalue weighted by Gasteiger charge is 2.14. The van der Waals surface area contributed by atoms with Gasteiger partial charge in [-0.15, -0.1) is 0 Å². The van der Waals surface area contributed by atoms with Gasteiger partial charge < -0.3 is 4.57 Å². The number of hydrogen-bond donors (Lipinski definition) is 0. The van der Waals surface area contributed by atoms with Crippen LogP contribution in [0.3, 0.4) is 0 Å². The monoisotopic (exact) mass is 388 g/mol.